The summed E-state index contributed by atoms with van der Waals surface area (Å²) in [7, 11) is 0. The molecule has 5 nitrogen and oxygen atoms in total. The zero-order valence-corrected chi connectivity index (χ0v) is 10.5. The molecule has 0 atom stereocenters. The zero-order chi connectivity index (χ0) is 15.3. The van der Waals surface area contributed by atoms with Gasteiger partial charge >= 0.3 is 12.1 Å². The summed E-state index contributed by atoms with van der Waals surface area (Å²) in [5.74, 6) is -2.52. The van der Waals surface area contributed by atoms with Crippen molar-refractivity contribution in [2.45, 2.75) is 25.6 Å². The first kappa shape index (κ1) is 14.2. The van der Waals surface area contributed by atoms with Crippen molar-refractivity contribution < 1.29 is 32.6 Å². The fraction of sp³-hybridized carbons (Fsp3) is 0.333. The highest BCUT2D eigenvalue weighted by molar-refractivity contribution is 6.02. The number of aromatic carboxylic acids is 1. The van der Waals surface area contributed by atoms with Gasteiger partial charge in [0.25, 0.3) is 5.91 Å². The van der Waals surface area contributed by atoms with Crippen LogP contribution in [0.2, 0.25) is 0 Å². The van der Waals surface area contributed by atoms with Crippen LogP contribution in [0.25, 0.3) is 0 Å². The third-order valence-electron chi connectivity index (χ3n) is 2.82. The number of alkyl halides is 3. The first-order valence-electron chi connectivity index (χ1n) is 5.51. The molecule has 0 fully saturated rings. The van der Waals surface area contributed by atoms with Crippen LogP contribution in [0.5, 0.6) is 5.75 Å². The van der Waals surface area contributed by atoms with E-state index in [1.165, 1.54) is 13.8 Å². The van der Waals surface area contributed by atoms with E-state index in [0.717, 1.165) is 6.07 Å². The number of hydrogen-bond donors (Lipinski definition) is 2. The largest absolute Gasteiger partial charge is 0.478 e. The second kappa shape index (κ2) is 4.12. The molecule has 1 amide bonds. The molecule has 1 aliphatic rings. The van der Waals surface area contributed by atoms with Gasteiger partial charge in [-0.25, -0.2) is 4.79 Å². The molecule has 2 rings (SSSR count). The minimum absolute atomic E-state index is 0.0975. The molecule has 0 unspecified atom stereocenters. The molecule has 1 heterocycles. The summed E-state index contributed by atoms with van der Waals surface area (Å²) in [6, 6.07) is 1.33. The lowest BCUT2D eigenvalue weighted by Crippen LogP contribution is -2.45. The maximum absolute atomic E-state index is 12.8. The van der Waals surface area contributed by atoms with Gasteiger partial charge in [-0.1, -0.05) is 0 Å². The van der Waals surface area contributed by atoms with Crippen LogP contribution in [0, 0.1) is 0 Å². The molecule has 8 heteroatoms. The topological polar surface area (TPSA) is 75.6 Å². The molecule has 2 N–H and O–H groups in total. The Balaban J connectivity index is 2.64. The van der Waals surface area contributed by atoms with Crippen LogP contribution in [0.3, 0.4) is 0 Å². The Bertz CT molecular complexity index is 607. The normalized spacial score (nSPS) is 16.9. The third-order valence-corrected chi connectivity index (χ3v) is 2.82. The molecule has 108 valence electrons. The highest BCUT2D eigenvalue weighted by atomic mass is 19.4. The van der Waals surface area contributed by atoms with Crippen LogP contribution >= 0.6 is 0 Å². The summed E-state index contributed by atoms with van der Waals surface area (Å²) in [6.07, 6.45) is -4.84. The van der Waals surface area contributed by atoms with Gasteiger partial charge in [-0.05, 0) is 26.0 Å². The van der Waals surface area contributed by atoms with E-state index in [-0.39, 0.29) is 11.4 Å². The van der Waals surface area contributed by atoms with E-state index >= 15 is 0 Å². The summed E-state index contributed by atoms with van der Waals surface area (Å²) < 4.78 is 43.7. The Morgan fingerprint density at radius 2 is 1.95 bits per heavy atom. The van der Waals surface area contributed by atoms with Crippen LogP contribution in [0.4, 0.5) is 18.9 Å². The SMILES string of the molecule is CC1(C)Oc2cc(C(F)(F)F)c(C(=O)O)cc2NC1=O. The Kier molecular flexibility index (Phi) is 2.92. The molecular weight excluding hydrogens is 279 g/mol. The number of amides is 1. The van der Waals surface area contributed by atoms with Crippen LogP contribution < -0.4 is 10.1 Å². The predicted octanol–water partition coefficient (Wildman–Crippen LogP) is 2.51. The van der Waals surface area contributed by atoms with Crippen molar-refractivity contribution in [1.82, 2.24) is 0 Å². The lowest BCUT2D eigenvalue weighted by Gasteiger charge is -2.32. The third kappa shape index (κ3) is 2.28. The van der Waals surface area contributed by atoms with Gasteiger partial charge in [0.1, 0.15) is 5.75 Å². The van der Waals surface area contributed by atoms with E-state index in [4.69, 9.17) is 9.84 Å². The molecule has 0 saturated carbocycles. The molecule has 0 saturated heterocycles. The van der Waals surface area contributed by atoms with Gasteiger partial charge in [-0.2, -0.15) is 13.2 Å². The van der Waals surface area contributed by atoms with E-state index < -0.39 is 34.8 Å². The van der Waals surface area contributed by atoms with Crippen molar-refractivity contribution in [1.29, 1.82) is 0 Å². The number of nitrogens with one attached hydrogen (secondary N) is 1. The highest BCUT2D eigenvalue weighted by Crippen LogP contribution is 2.41. The number of ether oxygens (including phenoxy) is 1. The average molecular weight is 289 g/mol. The number of carbonyl (C=O) groups excluding carboxylic acids is 1. The van der Waals surface area contributed by atoms with Crippen LogP contribution in [0.1, 0.15) is 29.8 Å². The molecule has 20 heavy (non-hydrogen) atoms. The Morgan fingerprint density at radius 3 is 2.45 bits per heavy atom. The van der Waals surface area contributed by atoms with Crippen molar-refractivity contribution >= 4 is 17.6 Å². The monoisotopic (exact) mass is 289 g/mol. The number of fused-ring (bicyclic) bond motifs is 1. The number of halogens is 3. The molecule has 1 aromatic carbocycles. The van der Waals surface area contributed by atoms with E-state index in [1.54, 1.807) is 0 Å². The first-order chi connectivity index (χ1) is 9.02. The van der Waals surface area contributed by atoms with E-state index in [0.29, 0.717) is 6.07 Å². The molecule has 0 radical (unpaired) electrons. The number of rotatable bonds is 1. The fourth-order valence-electron chi connectivity index (χ4n) is 1.77. The van der Waals surface area contributed by atoms with E-state index in [2.05, 4.69) is 5.32 Å². The van der Waals surface area contributed by atoms with Crippen molar-refractivity contribution in [3.05, 3.63) is 23.3 Å². The summed E-state index contributed by atoms with van der Waals surface area (Å²) in [5, 5.41) is 11.2. The van der Waals surface area contributed by atoms with Crippen LogP contribution in [0.15, 0.2) is 12.1 Å². The zero-order valence-electron chi connectivity index (χ0n) is 10.5. The molecule has 0 aliphatic carbocycles. The number of carbonyl (C=O) groups is 2. The molecule has 1 aromatic rings. The molecular formula is C12H10F3NO4. The average Bonchev–Trinajstić information content (AvgIpc) is 2.27. The van der Waals surface area contributed by atoms with Gasteiger partial charge in [0, 0.05) is 0 Å². The first-order valence-corrected chi connectivity index (χ1v) is 5.51. The van der Waals surface area contributed by atoms with Gasteiger partial charge in [0.15, 0.2) is 5.60 Å². The Hall–Kier alpha value is -2.25. The number of carboxylic acid groups (broad SMARTS) is 1. The second-order valence-electron chi connectivity index (χ2n) is 4.76. The van der Waals surface area contributed by atoms with Crippen molar-refractivity contribution in [3.63, 3.8) is 0 Å². The van der Waals surface area contributed by atoms with Crippen molar-refractivity contribution in [3.8, 4) is 5.75 Å². The maximum Gasteiger partial charge on any atom is 0.417 e. The molecule has 0 bridgehead atoms. The Labute approximate surface area is 111 Å². The van der Waals surface area contributed by atoms with E-state index in [1.807, 2.05) is 0 Å². The number of anilines is 1. The minimum Gasteiger partial charge on any atom is -0.478 e. The second-order valence-corrected chi connectivity index (χ2v) is 4.76. The number of hydrogen-bond acceptors (Lipinski definition) is 3. The summed E-state index contributed by atoms with van der Waals surface area (Å²) in [6.45, 7) is 2.79. The van der Waals surface area contributed by atoms with Gasteiger partial charge in [0.05, 0.1) is 16.8 Å². The Morgan fingerprint density at radius 1 is 1.35 bits per heavy atom. The predicted molar refractivity (Wildman–Crippen MR) is 61.7 cm³/mol. The summed E-state index contributed by atoms with van der Waals surface area (Å²) >= 11 is 0. The smallest absolute Gasteiger partial charge is 0.417 e. The number of carboxylic acids is 1. The fourth-order valence-corrected chi connectivity index (χ4v) is 1.77. The molecule has 0 spiro atoms. The maximum atomic E-state index is 12.8. The van der Waals surface area contributed by atoms with Gasteiger partial charge < -0.3 is 15.2 Å². The standard InChI is InChI=1S/C12H10F3NO4/c1-11(2)10(19)16-7-3-5(9(17)18)6(12(13,14)15)4-8(7)20-11/h3-4H,1-2H3,(H,16,19)(H,17,18). The van der Waals surface area contributed by atoms with Gasteiger partial charge in [-0.15, -0.1) is 0 Å². The molecule has 0 aromatic heterocycles. The lowest BCUT2D eigenvalue weighted by atomic mass is 10.0. The van der Waals surface area contributed by atoms with Gasteiger partial charge in [0.2, 0.25) is 0 Å². The number of benzene rings is 1. The summed E-state index contributed by atoms with van der Waals surface area (Å²) in [4.78, 5) is 22.5. The molecule has 1 aliphatic heterocycles. The van der Waals surface area contributed by atoms with Crippen molar-refractivity contribution in [2.75, 3.05) is 5.32 Å². The highest BCUT2D eigenvalue weighted by Gasteiger charge is 2.40. The van der Waals surface area contributed by atoms with Crippen molar-refractivity contribution in [2.24, 2.45) is 0 Å². The lowest BCUT2D eigenvalue weighted by molar-refractivity contribution is -0.138. The van der Waals surface area contributed by atoms with E-state index in [9.17, 15) is 22.8 Å². The van der Waals surface area contributed by atoms with Crippen LogP contribution in [-0.2, 0) is 11.0 Å². The van der Waals surface area contributed by atoms with Crippen LogP contribution in [-0.4, -0.2) is 22.6 Å². The van der Waals surface area contributed by atoms with Gasteiger partial charge in [-0.3, -0.25) is 4.79 Å². The summed E-state index contributed by atoms with van der Waals surface area (Å²) in [5.41, 5.74) is -3.70. The minimum atomic E-state index is -4.84. The quantitative estimate of drug-likeness (QED) is 0.833.